The molecule has 4 heteroatoms. The number of aromatic nitrogens is 1. The van der Waals surface area contributed by atoms with Crippen LogP contribution in [0.2, 0.25) is 0 Å². The number of hydrogen-bond donors (Lipinski definition) is 1. The van der Waals surface area contributed by atoms with Crippen LogP contribution in [-0.2, 0) is 11.4 Å². The molecule has 0 radical (unpaired) electrons. The molecule has 2 rings (SSSR count). The highest BCUT2D eigenvalue weighted by atomic mass is 16.6. The molecule has 0 fully saturated rings. The van der Waals surface area contributed by atoms with E-state index in [2.05, 4.69) is 9.82 Å². The summed E-state index contributed by atoms with van der Waals surface area (Å²) in [7, 11) is 0. The number of nitrogens with two attached hydrogens (primary N) is 1. The lowest BCUT2D eigenvalue weighted by atomic mass is 10.2. The molecule has 0 saturated carbocycles. The SMILES string of the molecule is NOCc1ccc2ncoc2c1. The molecule has 62 valence electrons. The van der Waals surface area contributed by atoms with E-state index < -0.39 is 0 Å². The van der Waals surface area contributed by atoms with Crippen LogP contribution in [0, 0.1) is 0 Å². The fraction of sp³-hybridized carbons (Fsp3) is 0.125. The summed E-state index contributed by atoms with van der Waals surface area (Å²) in [6, 6.07) is 5.63. The Balaban J connectivity index is 2.46. The fourth-order valence-corrected chi connectivity index (χ4v) is 1.09. The molecule has 1 aromatic heterocycles. The lowest BCUT2D eigenvalue weighted by Gasteiger charge is -1.96. The average Bonchev–Trinajstić information content (AvgIpc) is 2.51. The number of hydrogen-bond acceptors (Lipinski definition) is 4. The van der Waals surface area contributed by atoms with E-state index >= 15 is 0 Å². The van der Waals surface area contributed by atoms with Gasteiger partial charge in [-0.2, -0.15) is 0 Å². The van der Waals surface area contributed by atoms with E-state index in [0.29, 0.717) is 6.61 Å². The van der Waals surface area contributed by atoms with Crippen molar-refractivity contribution in [3.8, 4) is 0 Å². The second-order valence-electron chi connectivity index (χ2n) is 2.47. The molecule has 1 aromatic carbocycles. The first-order valence-electron chi connectivity index (χ1n) is 3.54. The second kappa shape index (κ2) is 2.92. The van der Waals surface area contributed by atoms with Crippen molar-refractivity contribution < 1.29 is 9.25 Å². The molecular formula is C8H8N2O2. The van der Waals surface area contributed by atoms with Crippen molar-refractivity contribution >= 4 is 11.1 Å². The van der Waals surface area contributed by atoms with Gasteiger partial charge in [0.25, 0.3) is 0 Å². The van der Waals surface area contributed by atoms with Crippen molar-refractivity contribution in [2.24, 2.45) is 5.90 Å². The van der Waals surface area contributed by atoms with E-state index in [-0.39, 0.29) is 0 Å². The smallest absolute Gasteiger partial charge is 0.181 e. The maximum absolute atomic E-state index is 5.10. The van der Waals surface area contributed by atoms with E-state index in [9.17, 15) is 0 Å². The molecule has 4 nitrogen and oxygen atoms in total. The van der Waals surface area contributed by atoms with Crippen molar-refractivity contribution in [3.05, 3.63) is 30.2 Å². The van der Waals surface area contributed by atoms with Gasteiger partial charge in [0.05, 0.1) is 6.61 Å². The summed E-state index contributed by atoms with van der Waals surface area (Å²) in [5.41, 5.74) is 2.57. The summed E-state index contributed by atoms with van der Waals surface area (Å²) >= 11 is 0. The first-order chi connectivity index (χ1) is 5.90. The lowest BCUT2D eigenvalue weighted by Crippen LogP contribution is -1.98. The third-order valence-corrected chi connectivity index (χ3v) is 1.65. The van der Waals surface area contributed by atoms with Gasteiger partial charge in [0.2, 0.25) is 0 Å². The summed E-state index contributed by atoms with van der Waals surface area (Å²) in [4.78, 5) is 8.47. The van der Waals surface area contributed by atoms with Crippen molar-refractivity contribution in [2.75, 3.05) is 0 Å². The maximum Gasteiger partial charge on any atom is 0.181 e. The number of rotatable bonds is 2. The molecule has 12 heavy (non-hydrogen) atoms. The summed E-state index contributed by atoms with van der Waals surface area (Å²) < 4.78 is 5.10. The summed E-state index contributed by atoms with van der Waals surface area (Å²) in [6.07, 6.45) is 1.41. The zero-order valence-electron chi connectivity index (χ0n) is 6.36. The normalized spacial score (nSPS) is 10.8. The van der Waals surface area contributed by atoms with E-state index in [4.69, 9.17) is 10.3 Å². The quantitative estimate of drug-likeness (QED) is 0.678. The van der Waals surface area contributed by atoms with E-state index in [1.54, 1.807) is 0 Å². The number of oxazole rings is 1. The molecule has 0 aliphatic rings. The van der Waals surface area contributed by atoms with Crippen LogP contribution in [0.5, 0.6) is 0 Å². The fourth-order valence-electron chi connectivity index (χ4n) is 1.09. The maximum atomic E-state index is 5.10. The molecule has 0 spiro atoms. The van der Waals surface area contributed by atoms with Gasteiger partial charge in [-0.1, -0.05) is 6.07 Å². The van der Waals surface area contributed by atoms with Gasteiger partial charge in [0, 0.05) is 0 Å². The van der Waals surface area contributed by atoms with Crippen LogP contribution >= 0.6 is 0 Å². The Bertz CT molecular complexity index is 383. The van der Waals surface area contributed by atoms with Gasteiger partial charge in [-0.25, -0.2) is 10.9 Å². The zero-order chi connectivity index (χ0) is 8.39. The van der Waals surface area contributed by atoms with E-state index in [0.717, 1.165) is 16.7 Å². The highest BCUT2D eigenvalue weighted by Crippen LogP contribution is 2.14. The molecule has 0 aliphatic heterocycles. The molecular weight excluding hydrogens is 156 g/mol. The minimum atomic E-state index is 0.386. The minimum Gasteiger partial charge on any atom is -0.443 e. The molecule has 1 heterocycles. The topological polar surface area (TPSA) is 61.3 Å². The predicted molar refractivity (Wildman–Crippen MR) is 43.0 cm³/mol. The zero-order valence-corrected chi connectivity index (χ0v) is 6.36. The Labute approximate surface area is 68.9 Å². The van der Waals surface area contributed by atoms with Gasteiger partial charge in [0.15, 0.2) is 12.0 Å². The van der Waals surface area contributed by atoms with E-state index in [1.165, 1.54) is 6.39 Å². The Morgan fingerprint density at radius 1 is 1.50 bits per heavy atom. The summed E-state index contributed by atoms with van der Waals surface area (Å²) in [5, 5.41) is 0. The van der Waals surface area contributed by atoms with Gasteiger partial charge in [-0.05, 0) is 17.7 Å². The van der Waals surface area contributed by atoms with Gasteiger partial charge < -0.3 is 4.42 Å². The molecule has 2 aromatic rings. The predicted octanol–water partition coefficient (Wildman–Crippen LogP) is 1.22. The average molecular weight is 164 g/mol. The molecule has 0 bridgehead atoms. The Morgan fingerprint density at radius 3 is 3.25 bits per heavy atom. The summed E-state index contributed by atoms with van der Waals surface area (Å²) in [5.74, 6) is 4.93. The highest BCUT2D eigenvalue weighted by molar-refractivity contribution is 5.72. The van der Waals surface area contributed by atoms with Crippen molar-refractivity contribution in [3.63, 3.8) is 0 Å². The Hall–Kier alpha value is -1.39. The molecule has 0 saturated heterocycles. The minimum absolute atomic E-state index is 0.386. The van der Waals surface area contributed by atoms with Gasteiger partial charge in [-0.3, -0.25) is 4.84 Å². The number of nitrogens with zero attached hydrogens (tertiary/aromatic N) is 1. The van der Waals surface area contributed by atoms with Crippen LogP contribution in [0.25, 0.3) is 11.1 Å². The van der Waals surface area contributed by atoms with Crippen LogP contribution in [-0.4, -0.2) is 4.98 Å². The second-order valence-corrected chi connectivity index (χ2v) is 2.47. The van der Waals surface area contributed by atoms with Crippen molar-refractivity contribution in [2.45, 2.75) is 6.61 Å². The van der Waals surface area contributed by atoms with E-state index in [1.807, 2.05) is 18.2 Å². The highest BCUT2D eigenvalue weighted by Gasteiger charge is 1.99. The third kappa shape index (κ3) is 1.17. The van der Waals surface area contributed by atoms with Gasteiger partial charge in [-0.15, -0.1) is 0 Å². The van der Waals surface area contributed by atoms with Gasteiger partial charge >= 0.3 is 0 Å². The standard InChI is InChI=1S/C8H8N2O2/c9-12-4-6-1-2-7-8(3-6)11-5-10-7/h1-3,5H,4,9H2. The van der Waals surface area contributed by atoms with Crippen LogP contribution in [0.15, 0.2) is 29.0 Å². The molecule has 2 N–H and O–H groups in total. The molecule has 0 unspecified atom stereocenters. The molecule has 0 amide bonds. The molecule has 0 atom stereocenters. The van der Waals surface area contributed by atoms with Gasteiger partial charge in [0.1, 0.15) is 5.52 Å². The Kier molecular flexibility index (Phi) is 1.77. The van der Waals surface area contributed by atoms with Crippen LogP contribution in [0.3, 0.4) is 0 Å². The van der Waals surface area contributed by atoms with Crippen LogP contribution < -0.4 is 5.90 Å². The first-order valence-corrected chi connectivity index (χ1v) is 3.54. The van der Waals surface area contributed by atoms with Crippen LogP contribution in [0.4, 0.5) is 0 Å². The number of fused-ring (bicyclic) bond motifs is 1. The van der Waals surface area contributed by atoms with Crippen molar-refractivity contribution in [1.82, 2.24) is 4.98 Å². The third-order valence-electron chi connectivity index (χ3n) is 1.65. The van der Waals surface area contributed by atoms with Crippen LogP contribution in [0.1, 0.15) is 5.56 Å². The first kappa shape index (κ1) is 7.27. The lowest BCUT2D eigenvalue weighted by molar-refractivity contribution is 0.124. The molecule has 0 aliphatic carbocycles. The van der Waals surface area contributed by atoms with Crippen molar-refractivity contribution in [1.29, 1.82) is 0 Å². The largest absolute Gasteiger partial charge is 0.443 e. The monoisotopic (exact) mass is 164 g/mol. The Morgan fingerprint density at radius 2 is 2.42 bits per heavy atom. The number of benzene rings is 1. The summed E-state index contributed by atoms with van der Waals surface area (Å²) in [6.45, 7) is 0.386.